The molecule has 0 saturated carbocycles. The molecule has 0 radical (unpaired) electrons. The van der Waals surface area contributed by atoms with Gasteiger partial charge in [0.05, 0.1) is 0 Å². The van der Waals surface area contributed by atoms with E-state index >= 15 is 0 Å². The number of carbonyl (C=O) groups excluding carboxylic acids is 1. The van der Waals surface area contributed by atoms with Gasteiger partial charge < -0.3 is 5.32 Å². The van der Waals surface area contributed by atoms with E-state index in [1.807, 2.05) is 30.3 Å². The number of unbranched alkanes of at least 4 members (excludes halogenated alkanes) is 3. The minimum absolute atomic E-state index is 0.118. The van der Waals surface area contributed by atoms with Crippen LogP contribution in [0.2, 0.25) is 0 Å². The van der Waals surface area contributed by atoms with Crippen molar-refractivity contribution in [1.82, 2.24) is 0 Å². The maximum atomic E-state index is 11.9. The molecule has 0 bridgehead atoms. The highest BCUT2D eigenvalue weighted by Gasteiger charge is 2.05. The predicted octanol–water partition coefficient (Wildman–Crippen LogP) is 4.75. The summed E-state index contributed by atoms with van der Waals surface area (Å²) < 4.78 is 0. The second-order valence-corrected chi connectivity index (χ2v) is 4.89. The molecule has 0 aliphatic carbocycles. The first-order valence-electron chi connectivity index (χ1n) is 7.09. The molecule has 0 aliphatic rings. The number of nitrogens with one attached hydrogen (secondary N) is 1. The molecule has 1 amide bonds. The number of rotatable bonds is 6. The van der Waals surface area contributed by atoms with Crippen molar-refractivity contribution in [2.24, 2.45) is 0 Å². The Labute approximate surface area is 114 Å². The van der Waals surface area contributed by atoms with Crippen molar-refractivity contribution in [1.29, 1.82) is 0 Å². The third-order valence-electron chi connectivity index (χ3n) is 3.32. The van der Waals surface area contributed by atoms with E-state index in [0.29, 0.717) is 6.42 Å². The van der Waals surface area contributed by atoms with Gasteiger partial charge in [0.1, 0.15) is 0 Å². The molecule has 0 heterocycles. The minimum atomic E-state index is 0.118. The smallest absolute Gasteiger partial charge is 0.224 e. The molecule has 0 spiro atoms. The maximum absolute atomic E-state index is 11.9. The summed E-state index contributed by atoms with van der Waals surface area (Å²) in [6, 6.07) is 14.1. The average molecular weight is 255 g/mol. The van der Waals surface area contributed by atoms with Crippen LogP contribution in [-0.4, -0.2) is 5.91 Å². The van der Waals surface area contributed by atoms with E-state index in [1.165, 1.54) is 12.8 Å². The number of fused-ring (bicyclic) bond motifs is 1. The molecule has 2 rings (SSSR count). The lowest BCUT2D eigenvalue weighted by Gasteiger charge is -2.08. The summed E-state index contributed by atoms with van der Waals surface area (Å²) in [7, 11) is 0. The molecule has 0 saturated heterocycles. The van der Waals surface area contributed by atoms with Gasteiger partial charge in [-0.05, 0) is 17.9 Å². The number of anilines is 1. The first-order valence-corrected chi connectivity index (χ1v) is 7.09. The molecule has 0 aliphatic heterocycles. The van der Waals surface area contributed by atoms with Gasteiger partial charge in [-0.3, -0.25) is 4.79 Å². The molecule has 100 valence electrons. The van der Waals surface area contributed by atoms with Crippen molar-refractivity contribution in [2.75, 3.05) is 5.32 Å². The quantitative estimate of drug-likeness (QED) is 0.741. The van der Waals surface area contributed by atoms with E-state index in [4.69, 9.17) is 0 Å². The highest BCUT2D eigenvalue weighted by Crippen LogP contribution is 2.23. The van der Waals surface area contributed by atoms with Crippen LogP contribution >= 0.6 is 0 Å². The van der Waals surface area contributed by atoms with E-state index in [-0.39, 0.29) is 5.91 Å². The fraction of sp³-hybridized carbons (Fsp3) is 0.353. The SMILES string of the molecule is CCCCCCC(=O)Nc1cccc2ccccc12. The summed E-state index contributed by atoms with van der Waals surface area (Å²) in [5, 5.41) is 5.29. The molecule has 2 aromatic rings. The van der Waals surface area contributed by atoms with E-state index in [9.17, 15) is 4.79 Å². The van der Waals surface area contributed by atoms with Crippen LogP contribution in [0.3, 0.4) is 0 Å². The number of benzene rings is 2. The Kier molecular flexibility index (Phi) is 4.96. The van der Waals surface area contributed by atoms with Crippen molar-refractivity contribution in [3.8, 4) is 0 Å². The van der Waals surface area contributed by atoms with Gasteiger partial charge in [-0.1, -0.05) is 62.6 Å². The number of amides is 1. The number of hydrogen-bond acceptors (Lipinski definition) is 1. The summed E-state index contributed by atoms with van der Waals surface area (Å²) >= 11 is 0. The van der Waals surface area contributed by atoms with Crippen molar-refractivity contribution in [2.45, 2.75) is 39.0 Å². The Morgan fingerprint density at radius 2 is 1.79 bits per heavy atom. The highest BCUT2D eigenvalue weighted by atomic mass is 16.1. The molecule has 2 nitrogen and oxygen atoms in total. The van der Waals surface area contributed by atoms with Gasteiger partial charge in [-0.25, -0.2) is 0 Å². The molecule has 1 N–H and O–H groups in total. The monoisotopic (exact) mass is 255 g/mol. The molecule has 0 fully saturated rings. The normalized spacial score (nSPS) is 10.6. The van der Waals surface area contributed by atoms with Gasteiger partial charge in [0, 0.05) is 17.5 Å². The first-order chi connectivity index (χ1) is 9.31. The largest absolute Gasteiger partial charge is 0.326 e. The predicted molar refractivity (Wildman–Crippen MR) is 81.3 cm³/mol. The van der Waals surface area contributed by atoms with Crippen molar-refractivity contribution in [3.63, 3.8) is 0 Å². The maximum Gasteiger partial charge on any atom is 0.224 e. The van der Waals surface area contributed by atoms with E-state index in [2.05, 4.69) is 24.4 Å². The Morgan fingerprint density at radius 1 is 1.00 bits per heavy atom. The third kappa shape index (κ3) is 3.82. The van der Waals surface area contributed by atoms with Gasteiger partial charge in [0.25, 0.3) is 0 Å². The molecular weight excluding hydrogens is 234 g/mol. The summed E-state index contributed by atoms with van der Waals surface area (Å²) in [6.45, 7) is 2.18. The Morgan fingerprint density at radius 3 is 2.63 bits per heavy atom. The van der Waals surface area contributed by atoms with Crippen LogP contribution < -0.4 is 5.32 Å². The summed E-state index contributed by atoms with van der Waals surface area (Å²) in [5.41, 5.74) is 0.915. The number of carbonyl (C=O) groups is 1. The van der Waals surface area contributed by atoms with Gasteiger partial charge >= 0.3 is 0 Å². The van der Waals surface area contributed by atoms with E-state index in [0.717, 1.165) is 29.3 Å². The zero-order chi connectivity index (χ0) is 13.5. The fourth-order valence-electron chi connectivity index (χ4n) is 2.26. The lowest BCUT2D eigenvalue weighted by atomic mass is 10.1. The Balaban J connectivity index is 1.99. The first kappa shape index (κ1) is 13.6. The van der Waals surface area contributed by atoms with Gasteiger partial charge in [0.15, 0.2) is 0 Å². The zero-order valence-corrected chi connectivity index (χ0v) is 11.5. The second kappa shape index (κ2) is 6.93. The summed E-state index contributed by atoms with van der Waals surface area (Å²) in [4.78, 5) is 11.9. The van der Waals surface area contributed by atoms with E-state index in [1.54, 1.807) is 0 Å². The lowest BCUT2D eigenvalue weighted by molar-refractivity contribution is -0.116. The van der Waals surface area contributed by atoms with Crippen LogP contribution in [0, 0.1) is 0 Å². The van der Waals surface area contributed by atoms with Gasteiger partial charge in [-0.2, -0.15) is 0 Å². The minimum Gasteiger partial charge on any atom is -0.326 e. The molecule has 2 heteroatoms. The van der Waals surface area contributed by atoms with Crippen LogP contribution in [0.5, 0.6) is 0 Å². The lowest BCUT2D eigenvalue weighted by Crippen LogP contribution is -2.11. The van der Waals surface area contributed by atoms with Gasteiger partial charge in [-0.15, -0.1) is 0 Å². The van der Waals surface area contributed by atoms with Crippen LogP contribution in [0.4, 0.5) is 5.69 Å². The standard InChI is InChI=1S/C17H21NO/c1-2-3-4-5-13-17(19)18-16-12-8-10-14-9-6-7-11-15(14)16/h6-12H,2-5,13H2,1H3,(H,18,19). The second-order valence-electron chi connectivity index (χ2n) is 4.89. The molecule has 0 unspecified atom stereocenters. The molecule has 2 aromatic carbocycles. The zero-order valence-electron chi connectivity index (χ0n) is 11.5. The van der Waals surface area contributed by atoms with E-state index < -0.39 is 0 Å². The summed E-state index contributed by atoms with van der Waals surface area (Å²) in [6.07, 6.45) is 5.14. The molecule has 0 atom stereocenters. The van der Waals surface area contributed by atoms with Crippen LogP contribution in [0.15, 0.2) is 42.5 Å². The Hall–Kier alpha value is -1.83. The summed E-state index contributed by atoms with van der Waals surface area (Å²) in [5.74, 6) is 0.118. The fourth-order valence-corrected chi connectivity index (χ4v) is 2.26. The van der Waals surface area contributed by atoms with Gasteiger partial charge in [0.2, 0.25) is 5.91 Å². The average Bonchev–Trinajstić information content (AvgIpc) is 2.44. The van der Waals surface area contributed by atoms with Crippen LogP contribution in [0.1, 0.15) is 39.0 Å². The topological polar surface area (TPSA) is 29.1 Å². The van der Waals surface area contributed by atoms with Crippen LogP contribution in [-0.2, 0) is 4.79 Å². The molecule has 0 aromatic heterocycles. The molecular formula is C17H21NO. The van der Waals surface area contributed by atoms with Crippen molar-refractivity contribution in [3.05, 3.63) is 42.5 Å². The molecule has 19 heavy (non-hydrogen) atoms. The van der Waals surface area contributed by atoms with Crippen molar-refractivity contribution < 1.29 is 4.79 Å². The third-order valence-corrected chi connectivity index (χ3v) is 3.32. The number of hydrogen-bond donors (Lipinski definition) is 1. The highest BCUT2D eigenvalue weighted by molar-refractivity contribution is 6.02. The van der Waals surface area contributed by atoms with Crippen molar-refractivity contribution >= 4 is 22.4 Å². The Bertz CT molecular complexity index is 542. The van der Waals surface area contributed by atoms with Crippen LogP contribution in [0.25, 0.3) is 10.8 Å².